The molecule has 0 amide bonds. The lowest BCUT2D eigenvalue weighted by molar-refractivity contribution is 0.475. The van der Waals surface area contributed by atoms with Crippen LogP contribution in [0.2, 0.25) is 5.02 Å². The molecule has 0 aliphatic rings. The van der Waals surface area contributed by atoms with Gasteiger partial charge in [0, 0.05) is 35.6 Å². The molecule has 0 atom stereocenters. The van der Waals surface area contributed by atoms with Gasteiger partial charge in [-0.3, -0.25) is 0 Å². The molecule has 3 nitrogen and oxygen atoms in total. The molecule has 0 spiro atoms. The normalized spacial score (nSPS) is 10.6. The zero-order chi connectivity index (χ0) is 14.7. The van der Waals surface area contributed by atoms with E-state index in [0.29, 0.717) is 11.6 Å². The summed E-state index contributed by atoms with van der Waals surface area (Å²) in [7, 11) is 0. The Labute approximate surface area is 124 Å². The van der Waals surface area contributed by atoms with Crippen molar-refractivity contribution in [3.05, 3.63) is 52.5 Å². The number of nitrogens with two attached hydrogens (primary N) is 1. The van der Waals surface area contributed by atoms with Crippen molar-refractivity contribution in [1.29, 1.82) is 0 Å². The van der Waals surface area contributed by atoms with Gasteiger partial charge in [0.15, 0.2) is 0 Å². The van der Waals surface area contributed by atoms with Gasteiger partial charge in [-0.15, -0.1) is 0 Å². The van der Waals surface area contributed by atoms with Crippen LogP contribution < -0.4 is 10.6 Å². The number of halogens is 1. The van der Waals surface area contributed by atoms with Gasteiger partial charge in [-0.25, -0.2) is 0 Å². The predicted molar refractivity (Wildman–Crippen MR) is 84.9 cm³/mol. The average molecular weight is 291 g/mol. The number of rotatable bonds is 4. The third kappa shape index (κ3) is 2.89. The average Bonchev–Trinajstić information content (AvgIpc) is 2.44. The van der Waals surface area contributed by atoms with E-state index in [1.165, 1.54) is 0 Å². The Hall–Kier alpha value is -1.71. The minimum Gasteiger partial charge on any atom is -0.508 e. The lowest BCUT2D eigenvalue weighted by Crippen LogP contribution is -2.19. The summed E-state index contributed by atoms with van der Waals surface area (Å²) in [5.74, 6) is 0.257. The molecule has 3 N–H and O–H groups in total. The van der Waals surface area contributed by atoms with Gasteiger partial charge >= 0.3 is 0 Å². The van der Waals surface area contributed by atoms with Gasteiger partial charge in [-0.2, -0.15) is 0 Å². The summed E-state index contributed by atoms with van der Waals surface area (Å²) in [6, 6.07) is 11.1. The van der Waals surface area contributed by atoms with Crippen LogP contribution in [0.5, 0.6) is 5.75 Å². The first-order chi connectivity index (χ1) is 9.56. The number of anilines is 2. The summed E-state index contributed by atoms with van der Waals surface area (Å²) in [6.45, 7) is 5.29. The standard InChI is InChI=1S/C16H19ClN2O/c1-3-19(16-9-14(20)6-4-11(16)2)15-7-5-13(17)8-12(15)10-18/h4-9,20H,3,10,18H2,1-2H3. The summed E-state index contributed by atoms with van der Waals surface area (Å²) in [5.41, 5.74) is 9.91. The molecule has 0 saturated carbocycles. The number of hydrogen-bond donors (Lipinski definition) is 2. The number of aromatic hydroxyl groups is 1. The minimum atomic E-state index is 0.257. The molecule has 4 heteroatoms. The molecule has 0 heterocycles. The lowest BCUT2D eigenvalue weighted by atomic mass is 10.1. The van der Waals surface area contributed by atoms with E-state index in [2.05, 4.69) is 11.8 Å². The summed E-state index contributed by atoms with van der Waals surface area (Å²) >= 11 is 6.03. The smallest absolute Gasteiger partial charge is 0.117 e. The van der Waals surface area contributed by atoms with Crippen molar-refractivity contribution in [1.82, 2.24) is 0 Å². The Balaban J connectivity index is 2.55. The molecular formula is C16H19ClN2O. The van der Waals surface area contributed by atoms with E-state index < -0.39 is 0 Å². The molecule has 2 rings (SSSR count). The van der Waals surface area contributed by atoms with Crippen LogP contribution >= 0.6 is 11.6 Å². The first-order valence-corrected chi connectivity index (χ1v) is 7.00. The van der Waals surface area contributed by atoms with E-state index in [4.69, 9.17) is 17.3 Å². The Kier molecular flexibility index (Phi) is 4.53. The van der Waals surface area contributed by atoms with Crippen LogP contribution in [0.15, 0.2) is 36.4 Å². The van der Waals surface area contributed by atoms with Crippen molar-refractivity contribution in [3.8, 4) is 5.75 Å². The fourth-order valence-corrected chi connectivity index (χ4v) is 2.53. The molecule has 0 aliphatic carbocycles. The quantitative estimate of drug-likeness (QED) is 0.896. The molecule has 20 heavy (non-hydrogen) atoms. The van der Waals surface area contributed by atoms with Gasteiger partial charge in [0.1, 0.15) is 5.75 Å². The minimum absolute atomic E-state index is 0.257. The summed E-state index contributed by atoms with van der Waals surface area (Å²) in [4.78, 5) is 2.13. The lowest BCUT2D eigenvalue weighted by Gasteiger charge is -2.27. The van der Waals surface area contributed by atoms with Gasteiger partial charge < -0.3 is 15.7 Å². The van der Waals surface area contributed by atoms with Crippen molar-refractivity contribution in [3.63, 3.8) is 0 Å². The van der Waals surface area contributed by atoms with Crippen molar-refractivity contribution in [2.75, 3.05) is 11.4 Å². The molecule has 0 saturated heterocycles. The van der Waals surface area contributed by atoms with Crippen LogP contribution in [0.3, 0.4) is 0 Å². The van der Waals surface area contributed by atoms with E-state index >= 15 is 0 Å². The van der Waals surface area contributed by atoms with Gasteiger partial charge in [0.2, 0.25) is 0 Å². The van der Waals surface area contributed by atoms with Crippen LogP contribution in [0.1, 0.15) is 18.1 Å². The Bertz CT molecular complexity index is 613. The maximum absolute atomic E-state index is 9.73. The van der Waals surface area contributed by atoms with Crippen LogP contribution in [-0.4, -0.2) is 11.7 Å². The highest BCUT2D eigenvalue weighted by Crippen LogP contribution is 2.34. The molecule has 0 aromatic heterocycles. The number of phenols is 1. The molecule has 0 unspecified atom stereocenters. The second-order valence-electron chi connectivity index (χ2n) is 4.69. The molecule has 0 bridgehead atoms. The predicted octanol–water partition coefficient (Wildman–Crippen LogP) is 3.97. The van der Waals surface area contributed by atoms with Gasteiger partial charge in [-0.1, -0.05) is 17.7 Å². The van der Waals surface area contributed by atoms with E-state index in [0.717, 1.165) is 29.0 Å². The number of aryl methyl sites for hydroxylation is 1. The third-order valence-electron chi connectivity index (χ3n) is 3.35. The maximum Gasteiger partial charge on any atom is 0.117 e. The highest BCUT2D eigenvalue weighted by Gasteiger charge is 2.14. The second-order valence-corrected chi connectivity index (χ2v) is 5.13. The number of nitrogens with zero attached hydrogens (tertiary/aromatic N) is 1. The molecule has 2 aromatic carbocycles. The summed E-state index contributed by atoms with van der Waals surface area (Å²) < 4.78 is 0. The topological polar surface area (TPSA) is 49.5 Å². The van der Waals surface area contributed by atoms with E-state index in [-0.39, 0.29) is 5.75 Å². The monoisotopic (exact) mass is 290 g/mol. The fraction of sp³-hybridized carbons (Fsp3) is 0.250. The van der Waals surface area contributed by atoms with Crippen molar-refractivity contribution < 1.29 is 5.11 Å². The van der Waals surface area contributed by atoms with Crippen LogP contribution in [0.25, 0.3) is 0 Å². The van der Waals surface area contributed by atoms with Crippen molar-refractivity contribution in [2.24, 2.45) is 5.73 Å². The van der Waals surface area contributed by atoms with Crippen LogP contribution in [0, 0.1) is 6.92 Å². The molecule has 2 aromatic rings. The van der Waals surface area contributed by atoms with Gasteiger partial charge in [0.25, 0.3) is 0 Å². The SMILES string of the molecule is CCN(c1cc(O)ccc1C)c1ccc(Cl)cc1CN. The molecule has 0 radical (unpaired) electrons. The molecule has 106 valence electrons. The highest BCUT2D eigenvalue weighted by atomic mass is 35.5. The fourth-order valence-electron chi connectivity index (χ4n) is 2.34. The van der Waals surface area contributed by atoms with E-state index in [1.807, 2.05) is 31.2 Å². The van der Waals surface area contributed by atoms with Crippen molar-refractivity contribution in [2.45, 2.75) is 20.4 Å². The van der Waals surface area contributed by atoms with Crippen LogP contribution in [-0.2, 0) is 6.54 Å². The first kappa shape index (κ1) is 14.7. The zero-order valence-corrected chi connectivity index (χ0v) is 12.5. The number of hydrogen-bond acceptors (Lipinski definition) is 3. The Morgan fingerprint density at radius 2 is 1.90 bits per heavy atom. The highest BCUT2D eigenvalue weighted by molar-refractivity contribution is 6.30. The largest absolute Gasteiger partial charge is 0.508 e. The van der Waals surface area contributed by atoms with E-state index in [1.54, 1.807) is 12.1 Å². The molecule has 0 fully saturated rings. The summed E-state index contributed by atoms with van der Waals surface area (Å²) in [5, 5.41) is 10.4. The summed E-state index contributed by atoms with van der Waals surface area (Å²) in [6.07, 6.45) is 0. The van der Waals surface area contributed by atoms with Crippen LogP contribution in [0.4, 0.5) is 11.4 Å². The third-order valence-corrected chi connectivity index (χ3v) is 3.59. The Morgan fingerprint density at radius 3 is 2.55 bits per heavy atom. The number of benzene rings is 2. The molecule has 0 aliphatic heterocycles. The number of phenolic OH excluding ortho intramolecular Hbond substituents is 1. The van der Waals surface area contributed by atoms with Gasteiger partial charge in [0.05, 0.1) is 0 Å². The zero-order valence-electron chi connectivity index (χ0n) is 11.7. The second kappa shape index (κ2) is 6.16. The van der Waals surface area contributed by atoms with E-state index in [9.17, 15) is 5.11 Å². The Morgan fingerprint density at radius 1 is 1.15 bits per heavy atom. The maximum atomic E-state index is 9.73. The van der Waals surface area contributed by atoms with Gasteiger partial charge in [-0.05, 0) is 49.2 Å². The first-order valence-electron chi connectivity index (χ1n) is 6.62. The molecular weight excluding hydrogens is 272 g/mol. The van der Waals surface area contributed by atoms with Crippen molar-refractivity contribution >= 4 is 23.0 Å².